The van der Waals surface area contributed by atoms with E-state index in [-0.39, 0.29) is 35.8 Å². The van der Waals surface area contributed by atoms with Gasteiger partial charge in [-0.2, -0.15) is 10.1 Å². The van der Waals surface area contributed by atoms with Crippen LogP contribution in [0.15, 0.2) is 31.2 Å². The number of carbonyl (C=O) groups is 2. The molecule has 31 heavy (non-hydrogen) atoms. The number of nitrogens with one attached hydrogen (secondary N) is 2. The number of hydrogen-bond donors (Lipinski definition) is 4. The van der Waals surface area contributed by atoms with E-state index in [4.69, 9.17) is 5.73 Å². The van der Waals surface area contributed by atoms with Crippen molar-refractivity contribution in [3.63, 3.8) is 0 Å². The van der Waals surface area contributed by atoms with Crippen LogP contribution in [-0.2, 0) is 4.79 Å². The van der Waals surface area contributed by atoms with Crippen molar-refractivity contribution < 1.29 is 14.7 Å². The van der Waals surface area contributed by atoms with E-state index >= 15 is 0 Å². The van der Waals surface area contributed by atoms with Crippen molar-refractivity contribution in [3.05, 3.63) is 36.8 Å². The van der Waals surface area contributed by atoms with E-state index in [1.165, 1.54) is 12.3 Å². The Kier molecular flexibility index (Phi) is 6.54. The number of anilines is 3. The van der Waals surface area contributed by atoms with Gasteiger partial charge in [-0.1, -0.05) is 6.58 Å². The summed E-state index contributed by atoms with van der Waals surface area (Å²) in [4.78, 5) is 33.8. The molecule has 1 fully saturated rings. The summed E-state index contributed by atoms with van der Waals surface area (Å²) >= 11 is 0. The molecule has 1 saturated heterocycles. The van der Waals surface area contributed by atoms with Gasteiger partial charge < -0.3 is 26.4 Å². The molecule has 166 valence electrons. The molecule has 2 aromatic heterocycles. The maximum absolute atomic E-state index is 11.9. The number of nitrogens with two attached hydrogens (primary N) is 1. The number of amides is 2. The number of nitrogens with zero attached hydrogens (tertiary/aromatic N) is 5. The van der Waals surface area contributed by atoms with Gasteiger partial charge in [0, 0.05) is 32.0 Å². The van der Waals surface area contributed by atoms with Crippen molar-refractivity contribution in [3.8, 4) is 0 Å². The molecule has 0 saturated carbocycles. The summed E-state index contributed by atoms with van der Waals surface area (Å²) in [6, 6.07) is 0.0652. The van der Waals surface area contributed by atoms with Gasteiger partial charge in [-0.3, -0.25) is 14.3 Å². The highest BCUT2D eigenvalue weighted by molar-refractivity contribution is 5.97. The van der Waals surface area contributed by atoms with Gasteiger partial charge in [0.1, 0.15) is 5.82 Å². The topological polar surface area (TPSA) is 151 Å². The summed E-state index contributed by atoms with van der Waals surface area (Å²) in [6.07, 6.45) is 7.92. The summed E-state index contributed by atoms with van der Waals surface area (Å²) in [5.74, 6) is -0.280. The summed E-state index contributed by atoms with van der Waals surface area (Å²) in [7, 11) is 0. The van der Waals surface area contributed by atoms with E-state index in [1.54, 1.807) is 24.9 Å². The molecule has 0 aromatic carbocycles. The number of carbonyl (C=O) groups excluding carboxylic acids is 2. The van der Waals surface area contributed by atoms with Crippen molar-refractivity contribution in [1.82, 2.24) is 24.6 Å². The average molecular weight is 428 g/mol. The lowest BCUT2D eigenvalue weighted by atomic mass is 10.1. The lowest BCUT2D eigenvalue weighted by Gasteiger charge is -2.32. The van der Waals surface area contributed by atoms with Crippen LogP contribution < -0.4 is 16.4 Å². The minimum absolute atomic E-state index is 0.0652. The second kappa shape index (κ2) is 9.13. The van der Waals surface area contributed by atoms with Crippen LogP contribution in [0.25, 0.3) is 0 Å². The molecule has 0 aliphatic carbocycles. The maximum atomic E-state index is 11.9. The molecule has 1 aliphatic rings. The molecular weight excluding hydrogens is 400 g/mol. The highest BCUT2D eigenvalue weighted by Gasteiger charge is 2.24. The number of primary amides is 1. The third kappa shape index (κ3) is 5.79. The van der Waals surface area contributed by atoms with Gasteiger partial charge >= 0.3 is 0 Å². The Labute approximate surface area is 180 Å². The number of hydrogen-bond acceptors (Lipinski definition) is 8. The van der Waals surface area contributed by atoms with Gasteiger partial charge in [-0.25, -0.2) is 4.98 Å². The zero-order chi connectivity index (χ0) is 22.6. The summed E-state index contributed by atoms with van der Waals surface area (Å²) in [5, 5.41) is 20.3. The van der Waals surface area contributed by atoms with Crippen LogP contribution in [0, 0.1) is 0 Å². The molecule has 0 spiro atoms. The minimum Gasteiger partial charge on any atom is -0.389 e. The van der Waals surface area contributed by atoms with Crippen molar-refractivity contribution in [1.29, 1.82) is 0 Å². The van der Waals surface area contributed by atoms with Crippen molar-refractivity contribution in [2.45, 2.75) is 38.3 Å². The predicted octanol–water partition coefficient (Wildman–Crippen LogP) is 1.05. The standard InChI is InChI=1S/C20H28N8O3/c1-4-16(29)27-7-5-6-14(11-27)28-10-13(8-24-28)25-19-22-9-15(17(21)30)18(26-19)23-12-20(2,3)31/h4,8-10,14,31H,1,5-7,11-12H2,2-3H3,(H2,21,30)(H2,22,23,25,26)/t14-/m0/s1. The van der Waals surface area contributed by atoms with Crippen LogP contribution in [0.1, 0.15) is 43.1 Å². The number of rotatable bonds is 8. The normalized spacial score (nSPS) is 16.6. The zero-order valence-electron chi connectivity index (χ0n) is 17.7. The zero-order valence-corrected chi connectivity index (χ0v) is 17.7. The van der Waals surface area contributed by atoms with Crippen LogP contribution in [-0.4, -0.2) is 66.8 Å². The quantitative estimate of drug-likeness (QED) is 0.455. The highest BCUT2D eigenvalue weighted by atomic mass is 16.3. The molecule has 0 unspecified atom stereocenters. The maximum Gasteiger partial charge on any atom is 0.254 e. The van der Waals surface area contributed by atoms with E-state index < -0.39 is 11.5 Å². The Hall–Kier alpha value is -3.47. The first-order valence-corrected chi connectivity index (χ1v) is 10.0. The summed E-state index contributed by atoms with van der Waals surface area (Å²) < 4.78 is 1.82. The van der Waals surface area contributed by atoms with Gasteiger partial charge in [-0.05, 0) is 32.8 Å². The van der Waals surface area contributed by atoms with Crippen molar-refractivity contribution in [2.24, 2.45) is 5.73 Å². The van der Waals surface area contributed by atoms with Gasteiger partial charge in [0.05, 0.1) is 29.1 Å². The lowest BCUT2D eigenvalue weighted by molar-refractivity contribution is -0.127. The Morgan fingerprint density at radius 1 is 1.42 bits per heavy atom. The molecule has 3 heterocycles. The fourth-order valence-electron chi connectivity index (χ4n) is 3.29. The lowest BCUT2D eigenvalue weighted by Crippen LogP contribution is -2.39. The Morgan fingerprint density at radius 3 is 2.87 bits per heavy atom. The SMILES string of the molecule is C=CC(=O)N1CCC[C@H](n2cc(Nc3ncc(C(N)=O)c(NCC(C)(C)O)n3)cn2)C1. The Bertz CT molecular complexity index is 966. The van der Waals surface area contributed by atoms with Crippen LogP contribution in [0.3, 0.4) is 0 Å². The number of aromatic nitrogens is 4. The van der Waals surface area contributed by atoms with Gasteiger partial charge in [0.2, 0.25) is 11.9 Å². The van der Waals surface area contributed by atoms with Crippen LogP contribution in [0.4, 0.5) is 17.5 Å². The summed E-state index contributed by atoms with van der Waals surface area (Å²) in [5.41, 5.74) is 5.18. The van der Waals surface area contributed by atoms with E-state index in [1.807, 2.05) is 10.9 Å². The predicted molar refractivity (Wildman–Crippen MR) is 116 cm³/mol. The van der Waals surface area contributed by atoms with Gasteiger partial charge in [0.15, 0.2) is 0 Å². The van der Waals surface area contributed by atoms with E-state index in [2.05, 4.69) is 32.3 Å². The second-order valence-electron chi connectivity index (χ2n) is 8.10. The minimum atomic E-state index is -1.00. The molecule has 2 amide bonds. The molecule has 0 bridgehead atoms. The largest absolute Gasteiger partial charge is 0.389 e. The first kappa shape index (κ1) is 22.2. The van der Waals surface area contributed by atoms with Crippen molar-refractivity contribution in [2.75, 3.05) is 30.3 Å². The average Bonchev–Trinajstić information content (AvgIpc) is 3.19. The second-order valence-corrected chi connectivity index (χ2v) is 8.10. The smallest absolute Gasteiger partial charge is 0.254 e. The molecule has 11 nitrogen and oxygen atoms in total. The van der Waals surface area contributed by atoms with Crippen LogP contribution in [0.5, 0.6) is 0 Å². The molecular formula is C20H28N8O3. The Morgan fingerprint density at radius 2 is 2.19 bits per heavy atom. The first-order valence-electron chi connectivity index (χ1n) is 10.0. The molecule has 1 atom stereocenters. The number of likely N-dealkylation sites (tertiary alicyclic amines) is 1. The molecule has 0 radical (unpaired) electrons. The van der Waals surface area contributed by atoms with Gasteiger partial charge in [-0.15, -0.1) is 0 Å². The fourth-order valence-corrected chi connectivity index (χ4v) is 3.29. The molecule has 5 N–H and O–H groups in total. The number of piperidine rings is 1. The molecule has 11 heteroatoms. The van der Waals surface area contributed by atoms with E-state index in [0.29, 0.717) is 18.8 Å². The van der Waals surface area contributed by atoms with Crippen molar-refractivity contribution >= 4 is 29.3 Å². The first-order chi connectivity index (χ1) is 14.7. The third-order valence-corrected chi connectivity index (χ3v) is 4.86. The van der Waals surface area contributed by atoms with E-state index in [0.717, 1.165) is 12.8 Å². The fraction of sp³-hybridized carbons (Fsp3) is 0.450. The van der Waals surface area contributed by atoms with E-state index in [9.17, 15) is 14.7 Å². The molecule has 3 rings (SSSR count). The van der Waals surface area contributed by atoms with Gasteiger partial charge in [0.25, 0.3) is 5.91 Å². The molecule has 1 aliphatic heterocycles. The van der Waals surface area contributed by atoms with Crippen LogP contribution in [0.2, 0.25) is 0 Å². The summed E-state index contributed by atoms with van der Waals surface area (Å²) in [6.45, 7) is 8.27. The number of aliphatic hydroxyl groups is 1. The Balaban J connectivity index is 1.73. The highest BCUT2D eigenvalue weighted by Crippen LogP contribution is 2.24. The van der Waals surface area contributed by atoms with Crippen LogP contribution >= 0.6 is 0 Å². The molecule has 2 aromatic rings. The third-order valence-electron chi connectivity index (χ3n) is 4.86. The monoisotopic (exact) mass is 428 g/mol.